The van der Waals surface area contributed by atoms with Gasteiger partial charge in [-0.1, -0.05) is 0 Å². The van der Waals surface area contributed by atoms with E-state index in [0.29, 0.717) is 26.1 Å². The van der Waals surface area contributed by atoms with E-state index in [9.17, 15) is 4.79 Å². The summed E-state index contributed by atoms with van der Waals surface area (Å²) in [6, 6.07) is 3.35. The highest BCUT2D eigenvalue weighted by molar-refractivity contribution is 5.75. The summed E-state index contributed by atoms with van der Waals surface area (Å²) in [7, 11) is 1.34. The molecule has 1 aliphatic rings. The Morgan fingerprint density at radius 1 is 1.37 bits per heavy atom. The maximum atomic E-state index is 11.3. The van der Waals surface area contributed by atoms with Gasteiger partial charge in [-0.15, -0.1) is 0 Å². The molecule has 1 heterocycles. The average Bonchev–Trinajstić information content (AvgIpc) is 2.43. The first kappa shape index (κ1) is 13.7. The number of ether oxygens (including phenoxy) is 3. The predicted octanol–water partition coefficient (Wildman–Crippen LogP) is 1.20. The van der Waals surface area contributed by atoms with Gasteiger partial charge in [-0.05, 0) is 43.0 Å². The molecule has 1 unspecified atom stereocenters. The second kappa shape index (κ2) is 5.93. The van der Waals surface area contributed by atoms with Crippen LogP contribution in [0.25, 0.3) is 0 Å². The second-order valence-electron chi connectivity index (χ2n) is 4.59. The summed E-state index contributed by atoms with van der Waals surface area (Å²) in [5, 5.41) is 0. The fourth-order valence-electron chi connectivity index (χ4n) is 2.08. The third-order valence-electron chi connectivity index (χ3n) is 3.23. The maximum Gasteiger partial charge on any atom is 0.322 e. The molecule has 0 fully saturated rings. The lowest BCUT2D eigenvalue weighted by molar-refractivity contribution is -0.142. The number of esters is 1. The summed E-state index contributed by atoms with van der Waals surface area (Å²) in [6.07, 6.45) is 1.26. The van der Waals surface area contributed by atoms with Crippen LogP contribution in [0.2, 0.25) is 0 Å². The quantitative estimate of drug-likeness (QED) is 0.828. The van der Waals surface area contributed by atoms with Crippen molar-refractivity contribution in [2.75, 3.05) is 20.3 Å². The molecular weight excluding hydrogens is 246 g/mol. The highest BCUT2D eigenvalue weighted by Crippen LogP contribution is 2.33. The van der Waals surface area contributed by atoms with Gasteiger partial charge in [-0.3, -0.25) is 4.79 Å². The Labute approximate surface area is 112 Å². The van der Waals surface area contributed by atoms with Crippen LogP contribution >= 0.6 is 0 Å². The largest absolute Gasteiger partial charge is 0.486 e. The Kier molecular flexibility index (Phi) is 4.27. The monoisotopic (exact) mass is 265 g/mol. The molecule has 104 valence electrons. The SMILES string of the molecule is COC(=O)C(N)CCc1cc2c(cc1C)OCCO2. The summed E-state index contributed by atoms with van der Waals surface area (Å²) in [5.74, 6) is 1.17. The minimum absolute atomic E-state index is 0.379. The molecule has 1 aliphatic heterocycles. The van der Waals surface area contributed by atoms with Crippen LogP contribution in [-0.2, 0) is 16.0 Å². The maximum absolute atomic E-state index is 11.3. The Balaban J connectivity index is 2.06. The number of hydrogen-bond donors (Lipinski definition) is 1. The highest BCUT2D eigenvalue weighted by atomic mass is 16.6. The van der Waals surface area contributed by atoms with Crippen molar-refractivity contribution in [3.63, 3.8) is 0 Å². The molecule has 0 radical (unpaired) electrons. The summed E-state index contributed by atoms with van der Waals surface area (Å²) >= 11 is 0. The average molecular weight is 265 g/mol. The number of carbonyl (C=O) groups excluding carboxylic acids is 1. The third kappa shape index (κ3) is 3.17. The van der Waals surface area contributed by atoms with Gasteiger partial charge in [0.1, 0.15) is 19.3 Å². The molecule has 2 rings (SSSR count). The smallest absolute Gasteiger partial charge is 0.322 e. The van der Waals surface area contributed by atoms with Crippen LogP contribution in [-0.4, -0.2) is 32.3 Å². The molecule has 0 amide bonds. The lowest BCUT2D eigenvalue weighted by Gasteiger charge is -2.20. The van der Waals surface area contributed by atoms with Crippen molar-refractivity contribution >= 4 is 5.97 Å². The molecule has 2 N–H and O–H groups in total. The van der Waals surface area contributed by atoms with Gasteiger partial charge in [0.25, 0.3) is 0 Å². The van der Waals surface area contributed by atoms with Crippen molar-refractivity contribution in [2.45, 2.75) is 25.8 Å². The number of nitrogens with two attached hydrogens (primary N) is 1. The fourth-order valence-corrected chi connectivity index (χ4v) is 2.08. The first-order valence-corrected chi connectivity index (χ1v) is 6.34. The van der Waals surface area contributed by atoms with Gasteiger partial charge in [0.15, 0.2) is 11.5 Å². The Morgan fingerprint density at radius 3 is 2.63 bits per heavy atom. The normalized spacial score (nSPS) is 14.9. The van der Waals surface area contributed by atoms with E-state index in [0.717, 1.165) is 22.6 Å². The second-order valence-corrected chi connectivity index (χ2v) is 4.59. The summed E-state index contributed by atoms with van der Waals surface area (Å²) in [6.45, 7) is 3.16. The number of fused-ring (bicyclic) bond motifs is 1. The zero-order valence-electron chi connectivity index (χ0n) is 11.3. The van der Waals surface area contributed by atoms with Crippen molar-refractivity contribution in [1.82, 2.24) is 0 Å². The minimum Gasteiger partial charge on any atom is -0.486 e. The van der Waals surface area contributed by atoms with Crippen molar-refractivity contribution in [3.8, 4) is 11.5 Å². The van der Waals surface area contributed by atoms with Crippen LogP contribution < -0.4 is 15.2 Å². The molecule has 1 aromatic carbocycles. The molecule has 19 heavy (non-hydrogen) atoms. The van der Waals surface area contributed by atoms with Crippen molar-refractivity contribution in [3.05, 3.63) is 23.3 Å². The number of rotatable bonds is 4. The van der Waals surface area contributed by atoms with Gasteiger partial charge in [-0.25, -0.2) is 0 Å². The van der Waals surface area contributed by atoms with Crippen LogP contribution in [0.1, 0.15) is 17.5 Å². The third-order valence-corrected chi connectivity index (χ3v) is 3.23. The molecule has 1 aromatic rings. The molecule has 0 aliphatic carbocycles. The molecule has 0 saturated heterocycles. The highest BCUT2D eigenvalue weighted by Gasteiger charge is 2.17. The van der Waals surface area contributed by atoms with E-state index in [1.165, 1.54) is 7.11 Å². The van der Waals surface area contributed by atoms with Gasteiger partial charge >= 0.3 is 5.97 Å². The Morgan fingerprint density at radius 2 is 2.00 bits per heavy atom. The number of benzene rings is 1. The van der Waals surface area contributed by atoms with Crippen LogP contribution in [0.15, 0.2) is 12.1 Å². The fraction of sp³-hybridized carbons (Fsp3) is 0.500. The van der Waals surface area contributed by atoms with E-state index in [1.807, 2.05) is 19.1 Å². The predicted molar refractivity (Wildman–Crippen MR) is 70.5 cm³/mol. The lowest BCUT2D eigenvalue weighted by atomic mass is 10.0. The van der Waals surface area contributed by atoms with E-state index >= 15 is 0 Å². The topological polar surface area (TPSA) is 70.8 Å². The zero-order valence-corrected chi connectivity index (χ0v) is 11.3. The van der Waals surface area contributed by atoms with Gasteiger partial charge in [0, 0.05) is 0 Å². The van der Waals surface area contributed by atoms with E-state index in [-0.39, 0.29) is 5.97 Å². The molecule has 0 aromatic heterocycles. The van der Waals surface area contributed by atoms with E-state index < -0.39 is 6.04 Å². The summed E-state index contributed by atoms with van der Waals surface area (Å²) in [4.78, 5) is 11.3. The molecule has 0 saturated carbocycles. The number of carbonyl (C=O) groups is 1. The lowest BCUT2D eigenvalue weighted by Crippen LogP contribution is -2.32. The Hall–Kier alpha value is -1.75. The molecular formula is C14H19NO4. The first-order valence-electron chi connectivity index (χ1n) is 6.34. The van der Waals surface area contributed by atoms with Crippen LogP contribution in [0.5, 0.6) is 11.5 Å². The van der Waals surface area contributed by atoms with Gasteiger partial charge in [0.2, 0.25) is 0 Å². The van der Waals surface area contributed by atoms with Crippen LogP contribution in [0.3, 0.4) is 0 Å². The van der Waals surface area contributed by atoms with Crippen LogP contribution in [0.4, 0.5) is 0 Å². The van der Waals surface area contributed by atoms with Gasteiger partial charge < -0.3 is 19.9 Å². The number of methoxy groups -OCH3 is 1. The molecule has 5 heteroatoms. The standard InChI is InChI=1S/C14H19NO4/c1-9-7-12-13(19-6-5-18-12)8-10(9)3-4-11(15)14(16)17-2/h7-8,11H,3-6,15H2,1-2H3. The molecule has 5 nitrogen and oxygen atoms in total. The number of hydrogen-bond acceptors (Lipinski definition) is 5. The molecule has 1 atom stereocenters. The Bertz CT molecular complexity index is 473. The number of aryl methyl sites for hydroxylation is 2. The van der Waals surface area contributed by atoms with Crippen molar-refractivity contribution in [2.24, 2.45) is 5.73 Å². The van der Waals surface area contributed by atoms with E-state index in [2.05, 4.69) is 4.74 Å². The van der Waals surface area contributed by atoms with Crippen molar-refractivity contribution < 1.29 is 19.0 Å². The summed E-state index contributed by atoms with van der Waals surface area (Å²) < 4.78 is 15.7. The van der Waals surface area contributed by atoms with Gasteiger partial charge in [0.05, 0.1) is 7.11 Å². The first-order chi connectivity index (χ1) is 9.11. The molecule has 0 bridgehead atoms. The molecule has 0 spiro atoms. The summed E-state index contributed by atoms with van der Waals surface area (Å²) in [5.41, 5.74) is 7.96. The van der Waals surface area contributed by atoms with Crippen LogP contribution in [0, 0.1) is 6.92 Å². The minimum atomic E-state index is -0.586. The van der Waals surface area contributed by atoms with Gasteiger partial charge in [-0.2, -0.15) is 0 Å². The van der Waals surface area contributed by atoms with Crippen molar-refractivity contribution in [1.29, 1.82) is 0 Å². The van der Waals surface area contributed by atoms with E-state index in [4.69, 9.17) is 15.2 Å². The van der Waals surface area contributed by atoms with E-state index in [1.54, 1.807) is 0 Å². The zero-order chi connectivity index (χ0) is 13.8.